The van der Waals surface area contributed by atoms with Gasteiger partial charge in [-0.2, -0.15) is 5.10 Å². The maximum Gasteiger partial charge on any atom is 0.255 e. The fourth-order valence-corrected chi connectivity index (χ4v) is 5.37. The highest BCUT2D eigenvalue weighted by Crippen LogP contribution is 2.33. The molecule has 0 fully saturated rings. The third-order valence-electron chi connectivity index (χ3n) is 7.72. The van der Waals surface area contributed by atoms with E-state index in [0.717, 1.165) is 27.6 Å². The van der Waals surface area contributed by atoms with Crippen LogP contribution in [0, 0.1) is 5.82 Å². The first-order valence-corrected chi connectivity index (χ1v) is 14.8. The average molecular weight is 613 g/mol. The third kappa shape index (κ3) is 5.84. The van der Waals surface area contributed by atoms with Crippen molar-refractivity contribution in [1.29, 1.82) is 0 Å². The Labute approximate surface area is 262 Å². The molecule has 4 heterocycles. The summed E-state index contributed by atoms with van der Waals surface area (Å²) in [6.07, 6.45) is 4.91. The molecule has 0 aliphatic rings. The molecule has 7 rings (SSSR count). The van der Waals surface area contributed by atoms with E-state index in [1.54, 1.807) is 30.7 Å². The number of benzene rings is 3. The van der Waals surface area contributed by atoms with Crippen LogP contribution in [0.5, 0.6) is 0 Å². The van der Waals surface area contributed by atoms with Crippen LogP contribution in [0.4, 0.5) is 10.1 Å². The highest BCUT2D eigenvalue weighted by molar-refractivity contribution is 6.04. The van der Waals surface area contributed by atoms with E-state index in [2.05, 4.69) is 35.8 Å². The van der Waals surface area contributed by atoms with Crippen molar-refractivity contribution in [1.82, 2.24) is 35.5 Å². The standard InChI is InChI=1S/C35H29FN8O2/c1-2-30(45)38-16-20-11-22(13-25(36)12-20)27-9-6-10-29-31(27)42-34(41-29)32-28-15-24(18-39-33(28)44-43-32)23-14-26(19-37-17-23)40-35(46)21-7-4-3-5-8-21/h3-15,17-19,30,38,45H,2,16H2,1H3,(H,40,46)(H,41,42)(H,39,43,44). The lowest BCUT2D eigenvalue weighted by molar-refractivity contribution is 0.102. The molecule has 0 spiro atoms. The maximum atomic E-state index is 14.7. The molecule has 0 saturated carbocycles. The van der Waals surface area contributed by atoms with Gasteiger partial charge in [0.1, 0.15) is 17.7 Å². The van der Waals surface area contributed by atoms with E-state index in [4.69, 9.17) is 4.98 Å². The number of rotatable bonds is 9. The Morgan fingerprint density at radius 1 is 0.957 bits per heavy atom. The number of nitrogens with zero attached hydrogens (tertiary/aromatic N) is 4. The quantitative estimate of drug-likeness (QED) is 0.118. The average Bonchev–Trinajstić information content (AvgIpc) is 3.71. The number of aromatic nitrogens is 6. The zero-order valence-corrected chi connectivity index (χ0v) is 24.8. The lowest BCUT2D eigenvalue weighted by atomic mass is 10.0. The molecule has 0 saturated heterocycles. The number of carbonyl (C=O) groups excluding carboxylic acids is 1. The van der Waals surface area contributed by atoms with Gasteiger partial charge in [0.25, 0.3) is 5.91 Å². The molecular weight excluding hydrogens is 583 g/mol. The fourth-order valence-electron chi connectivity index (χ4n) is 5.37. The van der Waals surface area contributed by atoms with Crippen LogP contribution in [-0.2, 0) is 6.54 Å². The van der Waals surface area contributed by atoms with Crippen LogP contribution in [-0.4, -0.2) is 47.4 Å². The Hall–Kier alpha value is -5.78. The lowest BCUT2D eigenvalue weighted by Gasteiger charge is -2.12. The molecule has 5 N–H and O–H groups in total. The summed E-state index contributed by atoms with van der Waals surface area (Å²) in [4.78, 5) is 29.9. The molecule has 4 aromatic heterocycles. The van der Waals surface area contributed by atoms with Gasteiger partial charge in [-0.25, -0.2) is 14.4 Å². The van der Waals surface area contributed by atoms with Gasteiger partial charge >= 0.3 is 0 Å². The molecule has 0 aliphatic carbocycles. The summed E-state index contributed by atoms with van der Waals surface area (Å²) in [5.41, 5.74) is 7.40. The number of aliphatic hydroxyl groups excluding tert-OH is 1. The number of hydrogen-bond acceptors (Lipinski definition) is 7. The number of aliphatic hydroxyl groups is 1. The second-order valence-electron chi connectivity index (χ2n) is 10.9. The minimum absolute atomic E-state index is 0.226. The highest BCUT2D eigenvalue weighted by Gasteiger charge is 2.17. The van der Waals surface area contributed by atoms with E-state index < -0.39 is 6.23 Å². The largest absolute Gasteiger partial charge is 0.379 e. The molecule has 0 radical (unpaired) electrons. The summed E-state index contributed by atoms with van der Waals surface area (Å²) >= 11 is 0. The van der Waals surface area contributed by atoms with Crippen LogP contribution in [0.2, 0.25) is 0 Å². The maximum absolute atomic E-state index is 14.7. The summed E-state index contributed by atoms with van der Waals surface area (Å²) in [5, 5.41) is 24.0. The molecule has 11 heteroatoms. The number of aromatic amines is 2. The summed E-state index contributed by atoms with van der Waals surface area (Å²) in [6.45, 7) is 2.20. The van der Waals surface area contributed by atoms with Crippen LogP contribution in [0.3, 0.4) is 0 Å². The molecular formula is C35H29FN8O2. The van der Waals surface area contributed by atoms with E-state index in [-0.39, 0.29) is 11.7 Å². The molecule has 1 unspecified atom stereocenters. The number of nitrogens with one attached hydrogen (secondary N) is 4. The van der Waals surface area contributed by atoms with Gasteiger partial charge < -0.3 is 15.4 Å². The predicted octanol–water partition coefficient (Wildman–Crippen LogP) is 6.44. The second kappa shape index (κ2) is 12.3. The van der Waals surface area contributed by atoms with Crippen molar-refractivity contribution in [3.05, 3.63) is 114 Å². The number of hydrogen-bond donors (Lipinski definition) is 5. The van der Waals surface area contributed by atoms with Gasteiger partial charge in [-0.1, -0.05) is 37.3 Å². The Bertz CT molecular complexity index is 2190. The smallest absolute Gasteiger partial charge is 0.255 e. The summed E-state index contributed by atoms with van der Waals surface area (Å²) in [5.74, 6) is -0.0712. The first-order valence-electron chi connectivity index (χ1n) is 14.8. The normalized spacial score (nSPS) is 12.1. The third-order valence-corrected chi connectivity index (χ3v) is 7.72. The number of carbonyl (C=O) groups is 1. The van der Waals surface area contributed by atoms with E-state index in [0.29, 0.717) is 58.0 Å². The van der Waals surface area contributed by atoms with Gasteiger partial charge in [-0.15, -0.1) is 0 Å². The van der Waals surface area contributed by atoms with Crippen LogP contribution in [0.1, 0.15) is 29.3 Å². The van der Waals surface area contributed by atoms with Crippen molar-refractivity contribution in [3.8, 4) is 33.8 Å². The Morgan fingerprint density at radius 2 is 1.80 bits per heavy atom. The molecule has 0 bridgehead atoms. The van der Waals surface area contributed by atoms with Crippen molar-refractivity contribution in [3.63, 3.8) is 0 Å². The van der Waals surface area contributed by atoms with Crippen LogP contribution in [0.25, 0.3) is 55.8 Å². The Morgan fingerprint density at radius 3 is 2.65 bits per heavy atom. The molecule has 46 heavy (non-hydrogen) atoms. The van der Waals surface area contributed by atoms with Crippen molar-refractivity contribution >= 4 is 33.7 Å². The van der Waals surface area contributed by atoms with Crippen molar-refractivity contribution in [2.45, 2.75) is 26.1 Å². The number of imidazole rings is 1. The molecule has 10 nitrogen and oxygen atoms in total. The SMILES string of the molecule is CCC(O)NCc1cc(F)cc(-c2cccc3[nH]c(-c4n[nH]c5ncc(-c6cncc(NC(=O)c7ccccc7)c6)cc45)nc23)c1. The summed E-state index contributed by atoms with van der Waals surface area (Å²) in [6, 6.07) is 23.3. The van der Waals surface area contributed by atoms with Gasteiger partial charge in [0.15, 0.2) is 11.5 Å². The van der Waals surface area contributed by atoms with Crippen LogP contribution >= 0.6 is 0 Å². The predicted molar refractivity (Wildman–Crippen MR) is 175 cm³/mol. The summed E-state index contributed by atoms with van der Waals surface area (Å²) < 4.78 is 14.7. The zero-order valence-electron chi connectivity index (χ0n) is 24.8. The Kier molecular flexibility index (Phi) is 7.75. The first-order chi connectivity index (χ1) is 22.4. The molecule has 7 aromatic rings. The highest BCUT2D eigenvalue weighted by atomic mass is 19.1. The minimum atomic E-state index is -0.663. The first kappa shape index (κ1) is 29.0. The van der Waals surface area contributed by atoms with Gasteiger partial charge in [-0.05, 0) is 66.1 Å². The van der Waals surface area contributed by atoms with Crippen LogP contribution < -0.4 is 10.6 Å². The molecule has 228 valence electrons. The number of para-hydroxylation sites is 1. The van der Waals surface area contributed by atoms with Gasteiger partial charge in [0, 0.05) is 41.2 Å². The fraction of sp³-hybridized carbons (Fsp3) is 0.114. The number of fused-ring (bicyclic) bond motifs is 2. The number of pyridine rings is 2. The zero-order chi connectivity index (χ0) is 31.6. The van der Waals surface area contributed by atoms with E-state index >= 15 is 0 Å². The lowest BCUT2D eigenvalue weighted by Crippen LogP contribution is -2.27. The summed E-state index contributed by atoms with van der Waals surface area (Å²) in [7, 11) is 0. The van der Waals surface area contributed by atoms with Gasteiger partial charge in [-0.3, -0.25) is 20.2 Å². The van der Waals surface area contributed by atoms with Crippen molar-refractivity contribution in [2.24, 2.45) is 0 Å². The molecule has 3 aromatic carbocycles. The van der Waals surface area contributed by atoms with Crippen LogP contribution in [0.15, 0.2) is 97.5 Å². The topological polar surface area (TPSA) is 144 Å². The number of H-pyrrole nitrogens is 2. The minimum Gasteiger partial charge on any atom is -0.379 e. The Balaban J connectivity index is 1.21. The monoisotopic (exact) mass is 612 g/mol. The second-order valence-corrected chi connectivity index (χ2v) is 10.9. The van der Waals surface area contributed by atoms with Gasteiger partial charge in [0.2, 0.25) is 0 Å². The molecule has 1 atom stereocenters. The van der Waals surface area contributed by atoms with Crippen molar-refractivity contribution < 1.29 is 14.3 Å². The molecule has 0 aliphatic heterocycles. The number of anilines is 1. The number of amides is 1. The van der Waals surface area contributed by atoms with E-state index in [1.807, 2.05) is 61.5 Å². The molecule has 1 amide bonds. The van der Waals surface area contributed by atoms with E-state index in [1.165, 1.54) is 12.1 Å². The van der Waals surface area contributed by atoms with Gasteiger partial charge in [0.05, 0.1) is 28.3 Å². The number of halogens is 1. The van der Waals surface area contributed by atoms with Crippen molar-refractivity contribution in [2.75, 3.05) is 5.32 Å². The van der Waals surface area contributed by atoms with E-state index in [9.17, 15) is 14.3 Å².